The summed E-state index contributed by atoms with van der Waals surface area (Å²) in [5.74, 6) is 1.00. The van der Waals surface area contributed by atoms with Crippen LogP contribution < -0.4 is 5.32 Å². The van der Waals surface area contributed by atoms with Crippen LogP contribution in [0.2, 0.25) is 0 Å². The van der Waals surface area contributed by atoms with E-state index >= 15 is 0 Å². The predicted octanol–water partition coefficient (Wildman–Crippen LogP) is 1.40. The highest BCUT2D eigenvalue weighted by Gasteiger charge is 2.20. The van der Waals surface area contributed by atoms with Crippen LogP contribution in [0.25, 0.3) is 0 Å². The Balaban J connectivity index is 1.58. The average molecular weight is 239 g/mol. The molecule has 0 aromatic heterocycles. The Bertz CT molecular complexity index is 214. The van der Waals surface area contributed by atoms with E-state index in [0.29, 0.717) is 0 Å². The summed E-state index contributed by atoms with van der Waals surface area (Å²) in [5.41, 5.74) is 0. The number of likely N-dealkylation sites (N-methyl/N-ethyl adjacent to an activating group) is 1. The van der Waals surface area contributed by atoms with Crippen molar-refractivity contribution in [1.29, 1.82) is 0 Å². The maximum Gasteiger partial charge on any atom is 0.0192 e. The van der Waals surface area contributed by atoms with Gasteiger partial charge in [-0.2, -0.15) is 0 Å². The summed E-state index contributed by atoms with van der Waals surface area (Å²) >= 11 is 0. The highest BCUT2D eigenvalue weighted by atomic mass is 15.3. The lowest BCUT2D eigenvalue weighted by molar-refractivity contribution is 0.102. The minimum atomic E-state index is 0.739. The first-order chi connectivity index (χ1) is 8.25. The molecular formula is C14H29N3. The number of hydrogen-bond acceptors (Lipinski definition) is 3. The van der Waals surface area contributed by atoms with Crippen LogP contribution in [-0.4, -0.2) is 62.2 Å². The molecule has 17 heavy (non-hydrogen) atoms. The van der Waals surface area contributed by atoms with Gasteiger partial charge in [-0.1, -0.05) is 0 Å². The molecule has 0 spiro atoms. The number of piperazine rings is 1. The van der Waals surface area contributed by atoms with Crippen molar-refractivity contribution in [3.63, 3.8) is 0 Å². The molecule has 0 aromatic carbocycles. The van der Waals surface area contributed by atoms with Crippen LogP contribution in [0.4, 0.5) is 0 Å². The van der Waals surface area contributed by atoms with Gasteiger partial charge in [-0.15, -0.1) is 0 Å². The molecule has 0 saturated carbocycles. The molecule has 1 N–H and O–H groups in total. The molecule has 0 aromatic rings. The SMILES string of the molecule is CC1CN(CCCC2CCNCC2)CCN1C. The van der Waals surface area contributed by atoms with E-state index in [1.807, 2.05) is 0 Å². The normalized spacial score (nSPS) is 29.6. The zero-order chi connectivity index (χ0) is 12.1. The van der Waals surface area contributed by atoms with Gasteiger partial charge in [0.05, 0.1) is 0 Å². The number of hydrogen-bond donors (Lipinski definition) is 1. The van der Waals surface area contributed by atoms with E-state index in [1.54, 1.807) is 0 Å². The Labute approximate surface area is 107 Å². The van der Waals surface area contributed by atoms with Crippen molar-refractivity contribution in [3.05, 3.63) is 0 Å². The molecule has 0 amide bonds. The molecule has 2 aliphatic rings. The Morgan fingerprint density at radius 1 is 1.18 bits per heavy atom. The summed E-state index contributed by atoms with van der Waals surface area (Å²) in [4.78, 5) is 5.13. The van der Waals surface area contributed by atoms with Crippen molar-refractivity contribution in [1.82, 2.24) is 15.1 Å². The first-order valence-corrected chi connectivity index (χ1v) is 7.39. The van der Waals surface area contributed by atoms with Gasteiger partial charge >= 0.3 is 0 Å². The molecule has 0 aliphatic carbocycles. The van der Waals surface area contributed by atoms with Crippen LogP contribution in [0.1, 0.15) is 32.6 Å². The minimum Gasteiger partial charge on any atom is -0.317 e. The Morgan fingerprint density at radius 2 is 1.94 bits per heavy atom. The zero-order valence-corrected chi connectivity index (χ0v) is 11.6. The van der Waals surface area contributed by atoms with Gasteiger partial charge < -0.3 is 15.1 Å². The molecule has 3 heteroatoms. The number of rotatable bonds is 4. The second-order valence-corrected chi connectivity index (χ2v) is 5.97. The van der Waals surface area contributed by atoms with Gasteiger partial charge in [-0.05, 0) is 65.2 Å². The number of nitrogens with zero attached hydrogens (tertiary/aromatic N) is 2. The Hall–Kier alpha value is -0.120. The molecule has 2 fully saturated rings. The summed E-state index contributed by atoms with van der Waals surface area (Å²) in [7, 11) is 2.25. The van der Waals surface area contributed by atoms with Crippen molar-refractivity contribution in [2.75, 3.05) is 46.3 Å². The highest BCUT2D eigenvalue weighted by molar-refractivity contribution is 4.77. The lowest BCUT2D eigenvalue weighted by atomic mass is 9.93. The summed E-state index contributed by atoms with van der Waals surface area (Å²) < 4.78 is 0. The maximum atomic E-state index is 3.45. The van der Waals surface area contributed by atoms with Gasteiger partial charge in [0.1, 0.15) is 0 Å². The van der Waals surface area contributed by atoms with Crippen molar-refractivity contribution in [2.24, 2.45) is 5.92 Å². The molecule has 100 valence electrons. The molecular weight excluding hydrogens is 210 g/mol. The molecule has 1 unspecified atom stereocenters. The smallest absolute Gasteiger partial charge is 0.0192 e. The van der Waals surface area contributed by atoms with Crippen LogP contribution in [0, 0.1) is 5.92 Å². The molecule has 3 nitrogen and oxygen atoms in total. The molecule has 0 bridgehead atoms. The quantitative estimate of drug-likeness (QED) is 0.800. The van der Waals surface area contributed by atoms with E-state index in [9.17, 15) is 0 Å². The monoisotopic (exact) mass is 239 g/mol. The average Bonchev–Trinajstić information content (AvgIpc) is 2.35. The minimum absolute atomic E-state index is 0.739. The van der Waals surface area contributed by atoms with Crippen LogP contribution in [0.3, 0.4) is 0 Å². The van der Waals surface area contributed by atoms with E-state index in [2.05, 4.69) is 29.1 Å². The second-order valence-electron chi connectivity index (χ2n) is 5.97. The van der Waals surface area contributed by atoms with Gasteiger partial charge in [0.25, 0.3) is 0 Å². The predicted molar refractivity (Wildman–Crippen MR) is 73.4 cm³/mol. The summed E-state index contributed by atoms with van der Waals surface area (Å²) in [6.45, 7) is 9.94. The largest absolute Gasteiger partial charge is 0.317 e. The van der Waals surface area contributed by atoms with Gasteiger partial charge in [-0.3, -0.25) is 0 Å². The fourth-order valence-corrected chi connectivity index (χ4v) is 3.10. The van der Waals surface area contributed by atoms with Crippen molar-refractivity contribution in [3.8, 4) is 0 Å². The zero-order valence-electron chi connectivity index (χ0n) is 11.6. The highest BCUT2D eigenvalue weighted by Crippen LogP contribution is 2.18. The van der Waals surface area contributed by atoms with Gasteiger partial charge in [-0.25, -0.2) is 0 Å². The van der Waals surface area contributed by atoms with Crippen LogP contribution >= 0.6 is 0 Å². The van der Waals surface area contributed by atoms with Gasteiger partial charge in [0, 0.05) is 25.7 Å². The molecule has 2 rings (SSSR count). The van der Waals surface area contributed by atoms with Crippen molar-refractivity contribution in [2.45, 2.75) is 38.6 Å². The standard InChI is InChI=1S/C14H29N3/c1-13-12-17(11-10-16(13)2)9-3-4-14-5-7-15-8-6-14/h13-15H,3-12H2,1-2H3. The first kappa shape index (κ1) is 13.3. The van der Waals surface area contributed by atoms with Crippen LogP contribution in [-0.2, 0) is 0 Å². The summed E-state index contributed by atoms with van der Waals surface area (Å²) in [6.07, 6.45) is 5.65. The van der Waals surface area contributed by atoms with Crippen LogP contribution in [0.5, 0.6) is 0 Å². The van der Waals surface area contributed by atoms with Gasteiger partial charge in [0.15, 0.2) is 0 Å². The van der Waals surface area contributed by atoms with Crippen LogP contribution in [0.15, 0.2) is 0 Å². The molecule has 1 atom stereocenters. The third-order valence-corrected chi connectivity index (χ3v) is 4.59. The molecule has 0 radical (unpaired) electrons. The summed E-state index contributed by atoms with van der Waals surface area (Å²) in [5, 5.41) is 3.45. The van der Waals surface area contributed by atoms with E-state index < -0.39 is 0 Å². The van der Waals surface area contributed by atoms with E-state index in [1.165, 1.54) is 65.0 Å². The van der Waals surface area contributed by atoms with Gasteiger partial charge in [0.2, 0.25) is 0 Å². The fourth-order valence-electron chi connectivity index (χ4n) is 3.10. The molecule has 2 aliphatic heterocycles. The van der Waals surface area contributed by atoms with Crippen molar-refractivity contribution < 1.29 is 0 Å². The lowest BCUT2D eigenvalue weighted by Gasteiger charge is -2.38. The first-order valence-electron chi connectivity index (χ1n) is 7.39. The third kappa shape index (κ3) is 4.23. The topological polar surface area (TPSA) is 18.5 Å². The summed E-state index contributed by atoms with van der Waals surface area (Å²) in [6, 6.07) is 0.739. The van der Waals surface area contributed by atoms with E-state index in [4.69, 9.17) is 0 Å². The molecule has 2 heterocycles. The van der Waals surface area contributed by atoms with Crippen molar-refractivity contribution >= 4 is 0 Å². The Morgan fingerprint density at radius 3 is 2.65 bits per heavy atom. The Kier molecular flexibility index (Phi) is 5.26. The van der Waals surface area contributed by atoms with E-state index in [-0.39, 0.29) is 0 Å². The third-order valence-electron chi connectivity index (χ3n) is 4.59. The molecule has 2 saturated heterocycles. The lowest BCUT2D eigenvalue weighted by Crippen LogP contribution is -2.50. The number of piperidine rings is 1. The second kappa shape index (κ2) is 6.72. The van der Waals surface area contributed by atoms with E-state index in [0.717, 1.165) is 12.0 Å². The number of nitrogens with one attached hydrogen (secondary N) is 1. The fraction of sp³-hybridized carbons (Fsp3) is 1.00. The maximum absolute atomic E-state index is 3.45.